The van der Waals surface area contributed by atoms with Crippen LogP contribution in [-0.4, -0.2) is 54.9 Å². The first-order valence-electron chi connectivity index (χ1n) is 5.57. The molecule has 5 N–H and O–H groups in total. The van der Waals surface area contributed by atoms with Crippen LogP contribution in [0.3, 0.4) is 0 Å². The van der Waals surface area contributed by atoms with Crippen molar-refractivity contribution in [2.75, 3.05) is 6.61 Å². The molecule has 0 aromatic carbocycles. The van der Waals surface area contributed by atoms with Gasteiger partial charge in [-0.1, -0.05) is 0 Å². The molecule has 0 spiro atoms. The van der Waals surface area contributed by atoms with Gasteiger partial charge in [0.05, 0.1) is 18.8 Å². The van der Waals surface area contributed by atoms with Gasteiger partial charge in [0.25, 0.3) is 5.56 Å². The highest BCUT2D eigenvalue weighted by Gasteiger charge is 2.43. The number of nitrogens with zero attached hydrogens (tertiary/aromatic N) is 1. The highest BCUT2D eigenvalue weighted by atomic mass is 16.6. The molecule has 0 amide bonds. The molecule has 9 heteroatoms. The number of aliphatic hydroxyl groups is 4. The number of rotatable bonds is 3. The summed E-state index contributed by atoms with van der Waals surface area (Å²) in [5, 5.41) is 37.3. The van der Waals surface area contributed by atoms with Crippen LogP contribution >= 0.6 is 0 Å². The second-order valence-electron chi connectivity index (χ2n) is 4.21. The summed E-state index contributed by atoms with van der Waals surface area (Å²) in [6.45, 7) is -1.12. The number of aromatic nitrogens is 2. The van der Waals surface area contributed by atoms with Crippen molar-refractivity contribution in [3.8, 4) is 0 Å². The molecule has 0 radical (unpaired) electrons. The zero-order valence-electron chi connectivity index (χ0n) is 9.76. The first kappa shape index (κ1) is 13.9. The van der Waals surface area contributed by atoms with Crippen LogP contribution in [0.5, 0.6) is 0 Å². The summed E-state index contributed by atoms with van der Waals surface area (Å²) in [6, 6.07) is 0. The fourth-order valence-electron chi connectivity index (χ4n) is 1.94. The highest BCUT2D eigenvalue weighted by Crippen LogP contribution is 2.27. The SMILES string of the molecule is O=c1[nH]c(=O)n([C@@H]2O[C@H](CO)C(O)[C@@H]2O)cc1CO. The van der Waals surface area contributed by atoms with E-state index in [0.29, 0.717) is 0 Å². The standard InChI is InChI=1S/C10H14N2O7/c13-2-4-1-12(10(18)11-8(4)17)9-7(16)6(15)5(3-14)19-9/h1,5-7,9,13-16H,2-3H2,(H,11,17,18)/t5-,6?,7+,9-/m1/s1. The van der Waals surface area contributed by atoms with Crippen LogP contribution in [0.2, 0.25) is 0 Å². The molecule has 19 heavy (non-hydrogen) atoms. The lowest BCUT2D eigenvalue weighted by atomic mass is 10.1. The lowest BCUT2D eigenvalue weighted by molar-refractivity contribution is -0.0552. The summed E-state index contributed by atoms with van der Waals surface area (Å²) in [5.41, 5.74) is -1.68. The predicted molar refractivity (Wildman–Crippen MR) is 60.3 cm³/mol. The van der Waals surface area contributed by atoms with E-state index < -0.39 is 49.0 Å². The fraction of sp³-hybridized carbons (Fsp3) is 0.600. The molecular formula is C10H14N2O7. The first-order chi connectivity index (χ1) is 8.99. The number of aliphatic hydroxyl groups excluding tert-OH is 4. The molecule has 106 valence electrons. The number of nitrogens with one attached hydrogen (secondary N) is 1. The van der Waals surface area contributed by atoms with Crippen LogP contribution < -0.4 is 11.2 Å². The summed E-state index contributed by atoms with van der Waals surface area (Å²) in [5.74, 6) is 0. The van der Waals surface area contributed by atoms with E-state index >= 15 is 0 Å². The molecule has 4 atom stereocenters. The van der Waals surface area contributed by atoms with Crippen molar-refractivity contribution in [1.29, 1.82) is 0 Å². The Kier molecular flexibility index (Phi) is 3.83. The van der Waals surface area contributed by atoms with E-state index in [1.165, 1.54) is 0 Å². The smallest absolute Gasteiger partial charge is 0.330 e. The van der Waals surface area contributed by atoms with Gasteiger partial charge in [-0.05, 0) is 0 Å². The number of aromatic amines is 1. The summed E-state index contributed by atoms with van der Waals surface area (Å²) in [6.07, 6.45) is -4.03. The summed E-state index contributed by atoms with van der Waals surface area (Å²) in [7, 11) is 0. The second kappa shape index (κ2) is 5.23. The molecule has 1 aliphatic heterocycles. The summed E-state index contributed by atoms with van der Waals surface area (Å²) >= 11 is 0. The maximum Gasteiger partial charge on any atom is 0.330 e. The van der Waals surface area contributed by atoms with E-state index in [2.05, 4.69) is 0 Å². The van der Waals surface area contributed by atoms with Gasteiger partial charge in [-0.15, -0.1) is 0 Å². The van der Waals surface area contributed by atoms with Gasteiger partial charge in [0.1, 0.15) is 18.3 Å². The molecule has 2 rings (SSSR count). The molecule has 0 aliphatic carbocycles. The molecule has 0 saturated carbocycles. The Morgan fingerprint density at radius 2 is 1.95 bits per heavy atom. The topological polar surface area (TPSA) is 145 Å². The molecular weight excluding hydrogens is 260 g/mol. The number of ether oxygens (including phenoxy) is 1. The molecule has 1 fully saturated rings. The highest BCUT2D eigenvalue weighted by molar-refractivity contribution is 5.04. The Morgan fingerprint density at radius 1 is 1.26 bits per heavy atom. The summed E-state index contributed by atoms with van der Waals surface area (Å²) in [4.78, 5) is 24.9. The van der Waals surface area contributed by atoms with Gasteiger partial charge in [-0.2, -0.15) is 0 Å². The van der Waals surface area contributed by atoms with Crippen LogP contribution in [0.15, 0.2) is 15.8 Å². The van der Waals surface area contributed by atoms with Crippen molar-refractivity contribution in [3.05, 3.63) is 32.6 Å². The minimum absolute atomic E-state index is 0.0858. The second-order valence-corrected chi connectivity index (χ2v) is 4.21. The Bertz CT molecular complexity index is 566. The Morgan fingerprint density at radius 3 is 2.47 bits per heavy atom. The minimum Gasteiger partial charge on any atom is -0.394 e. The average Bonchev–Trinajstić information content (AvgIpc) is 2.67. The van der Waals surface area contributed by atoms with E-state index in [9.17, 15) is 19.8 Å². The van der Waals surface area contributed by atoms with Gasteiger partial charge in [-0.3, -0.25) is 14.3 Å². The zero-order chi connectivity index (χ0) is 14.2. The van der Waals surface area contributed by atoms with Gasteiger partial charge in [0, 0.05) is 6.20 Å². The van der Waals surface area contributed by atoms with E-state index in [-0.39, 0.29) is 5.56 Å². The molecule has 1 aromatic heterocycles. The Balaban J connectivity index is 2.43. The molecule has 0 bridgehead atoms. The third-order valence-corrected chi connectivity index (χ3v) is 3.00. The van der Waals surface area contributed by atoms with E-state index in [1.807, 2.05) is 4.98 Å². The zero-order valence-corrected chi connectivity index (χ0v) is 9.76. The van der Waals surface area contributed by atoms with Crippen molar-refractivity contribution in [3.63, 3.8) is 0 Å². The Hall–Kier alpha value is -1.52. The predicted octanol–water partition coefficient (Wildman–Crippen LogP) is -3.36. The van der Waals surface area contributed by atoms with Crippen LogP contribution in [0.4, 0.5) is 0 Å². The van der Waals surface area contributed by atoms with Gasteiger partial charge < -0.3 is 25.2 Å². The normalized spacial score (nSPS) is 30.7. The first-order valence-corrected chi connectivity index (χ1v) is 5.57. The quantitative estimate of drug-likeness (QED) is 0.387. The van der Waals surface area contributed by atoms with Gasteiger partial charge in [-0.25, -0.2) is 4.79 Å². The maximum atomic E-state index is 11.6. The van der Waals surface area contributed by atoms with Crippen LogP contribution in [0, 0.1) is 0 Å². The molecule has 1 unspecified atom stereocenters. The van der Waals surface area contributed by atoms with Crippen molar-refractivity contribution in [1.82, 2.24) is 9.55 Å². The average molecular weight is 274 g/mol. The van der Waals surface area contributed by atoms with Gasteiger partial charge in [0.15, 0.2) is 6.23 Å². The van der Waals surface area contributed by atoms with Crippen LogP contribution in [0.25, 0.3) is 0 Å². The molecule has 2 heterocycles. The largest absolute Gasteiger partial charge is 0.394 e. The van der Waals surface area contributed by atoms with Crippen molar-refractivity contribution in [2.24, 2.45) is 0 Å². The van der Waals surface area contributed by atoms with Crippen LogP contribution in [0.1, 0.15) is 11.8 Å². The molecule has 9 nitrogen and oxygen atoms in total. The van der Waals surface area contributed by atoms with E-state index in [0.717, 1.165) is 10.8 Å². The monoisotopic (exact) mass is 274 g/mol. The number of H-pyrrole nitrogens is 1. The fourth-order valence-corrected chi connectivity index (χ4v) is 1.94. The lowest BCUT2D eigenvalue weighted by Crippen LogP contribution is -2.38. The van der Waals surface area contributed by atoms with Crippen LogP contribution in [-0.2, 0) is 11.3 Å². The molecule has 1 saturated heterocycles. The van der Waals surface area contributed by atoms with Crippen molar-refractivity contribution < 1.29 is 25.2 Å². The van der Waals surface area contributed by atoms with Gasteiger partial charge >= 0.3 is 5.69 Å². The third kappa shape index (κ3) is 2.33. The lowest BCUT2D eigenvalue weighted by Gasteiger charge is -2.17. The number of hydrogen-bond donors (Lipinski definition) is 5. The Labute approximate surface area is 106 Å². The molecule has 1 aliphatic rings. The minimum atomic E-state index is -1.44. The third-order valence-electron chi connectivity index (χ3n) is 3.00. The van der Waals surface area contributed by atoms with Crippen molar-refractivity contribution in [2.45, 2.75) is 31.1 Å². The van der Waals surface area contributed by atoms with E-state index in [4.69, 9.17) is 14.9 Å². The maximum absolute atomic E-state index is 11.6. The number of hydrogen-bond acceptors (Lipinski definition) is 7. The van der Waals surface area contributed by atoms with Crippen molar-refractivity contribution >= 4 is 0 Å². The molecule has 1 aromatic rings. The van der Waals surface area contributed by atoms with Gasteiger partial charge in [0.2, 0.25) is 0 Å². The summed E-state index contributed by atoms with van der Waals surface area (Å²) < 4.78 is 6.01. The van der Waals surface area contributed by atoms with E-state index in [1.54, 1.807) is 0 Å².